The smallest absolute Gasteiger partial charge is 0.237 e. The fourth-order valence-electron chi connectivity index (χ4n) is 3.56. The molecule has 0 atom stereocenters. The third kappa shape index (κ3) is 7.58. The van der Waals surface area contributed by atoms with E-state index in [1.807, 2.05) is 18.0 Å². The monoisotopic (exact) mass is 525 g/mol. The predicted octanol–water partition coefficient (Wildman–Crippen LogP) is 2.43. The van der Waals surface area contributed by atoms with Crippen molar-refractivity contribution in [3.8, 4) is 23.5 Å². The molecule has 196 valence electrons. The number of aromatic nitrogens is 2. The molecule has 1 aliphatic heterocycles. The number of piperazine rings is 1. The van der Waals surface area contributed by atoms with Crippen molar-refractivity contribution in [3.63, 3.8) is 0 Å². The van der Waals surface area contributed by atoms with E-state index in [-0.39, 0.29) is 5.91 Å². The summed E-state index contributed by atoms with van der Waals surface area (Å²) in [6.07, 6.45) is 4.63. The number of aldehydes is 1. The minimum Gasteiger partial charge on any atom is -0.490 e. The van der Waals surface area contributed by atoms with Crippen molar-refractivity contribution in [2.45, 2.75) is 19.4 Å². The van der Waals surface area contributed by atoms with Gasteiger partial charge in [-0.2, -0.15) is 0 Å². The Morgan fingerprint density at radius 1 is 1.27 bits per heavy atom. The molecule has 0 spiro atoms. The second-order valence-electron chi connectivity index (χ2n) is 8.94. The van der Waals surface area contributed by atoms with Gasteiger partial charge in [-0.15, -0.1) is 0 Å². The quantitative estimate of drug-likeness (QED) is 0.143. The average Bonchev–Trinajstić information content (AvgIpc) is 3.73. The predicted molar refractivity (Wildman–Crippen MR) is 140 cm³/mol. The summed E-state index contributed by atoms with van der Waals surface area (Å²) in [5.41, 5.74) is 1.71. The molecule has 1 amide bonds. The van der Waals surface area contributed by atoms with Crippen molar-refractivity contribution in [1.82, 2.24) is 19.8 Å². The summed E-state index contributed by atoms with van der Waals surface area (Å²) in [5, 5.41) is 0. The Labute approximate surface area is 221 Å². The number of pyridine rings is 2. The molecule has 4 rings (SSSR count). The van der Waals surface area contributed by atoms with Gasteiger partial charge in [0, 0.05) is 51.3 Å². The molecule has 2 aliphatic rings. The third-order valence-electron chi connectivity index (χ3n) is 5.91. The van der Waals surface area contributed by atoms with Crippen molar-refractivity contribution in [3.05, 3.63) is 41.2 Å². The summed E-state index contributed by atoms with van der Waals surface area (Å²) >= 11 is 1.02. The van der Waals surface area contributed by atoms with E-state index in [1.165, 1.54) is 0 Å². The topological polar surface area (TPSA) is 97.3 Å². The third-order valence-corrected chi connectivity index (χ3v) is 6.57. The first-order valence-corrected chi connectivity index (χ1v) is 12.8. The Morgan fingerprint density at radius 2 is 2.11 bits per heavy atom. The van der Waals surface area contributed by atoms with Crippen LogP contribution < -0.4 is 13.2 Å². The highest BCUT2D eigenvalue weighted by Crippen LogP contribution is 2.30. The van der Waals surface area contributed by atoms with Crippen LogP contribution in [0.1, 0.15) is 34.5 Å². The van der Waals surface area contributed by atoms with Crippen molar-refractivity contribution in [2.24, 2.45) is 5.92 Å². The van der Waals surface area contributed by atoms with Gasteiger partial charge in [-0.05, 0) is 26.0 Å². The van der Waals surface area contributed by atoms with Crippen LogP contribution in [0.4, 0.5) is 5.82 Å². The minimum atomic E-state index is 0.0401. The van der Waals surface area contributed by atoms with Gasteiger partial charge in [-0.1, -0.05) is 17.9 Å². The van der Waals surface area contributed by atoms with E-state index >= 15 is 0 Å². The van der Waals surface area contributed by atoms with Crippen LogP contribution in [0.3, 0.4) is 0 Å². The van der Waals surface area contributed by atoms with Crippen molar-refractivity contribution >= 4 is 30.2 Å². The number of anilines is 1. The Morgan fingerprint density at radius 3 is 2.84 bits per heavy atom. The molecule has 0 N–H and O–H groups in total. The molecular weight excluding hydrogens is 494 g/mol. The van der Waals surface area contributed by atoms with Crippen LogP contribution in [0.25, 0.3) is 0 Å². The summed E-state index contributed by atoms with van der Waals surface area (Å²) in [6, 6.07) is 5.32. The van der Waals surface area contributed by atoms with E-state index in [0.717, 1.165) is 31.6 Å². The highest BCUT2D eigenvalue weighted by Gasteiger charge is 2.23. The maximum Gasteiger partial charge on any atom is 0.237 e. The normalized spacial score (nSPS) is 15.6. The largest absolute Gasteiger partial charge is 0.490 e. The molecule has 1 saturated heterocycles. The number of hydrogen-bond acceptors (Lipinski definition) is 10. The molecule has 1 aliphatic carbocycles. The average molecular weight is 526 g/mol. The molecule has 1 saturated carbocycles. The Balaban J connectivity index is 1.40. The van der Waals surface area contributed by atoms with Crippen LogP contribution in [-0.2, 0) is 16.1 Å². The lowest BCUT2D eigenvalue weighted by atomic mass is 10.1. The highest BCUT2D eigenvalue weighted by molar-refractivity contribution is 7.96. The summed E-state index contributed by atoms with van der Waals surface area (Å²) < 4.78 is 18.4. The zero-order chi connectivity index (χ0) is 26.2. The van der Waals surface area contributed by atoms with Gasteiger partial charge < -0.3 is 18.6 Å². The first kappa shape index (κ1) is 26.7. The van der Waals surface area contributed by atoms with Crippen molar-refractivity contribution in [2.75, 3.05) is 58.4 Å². The number of rotatable bonds is 11. The molecule has 2 fully saturated rings. The van der Waals surface area contributed by atoms with Crippen LogP contribution >= 0.6 is 12.2 Å². The van der Waals surface area contributed by atoms with Crippen LogP contribution in [0.5, 0.6) is 11.6 Å². The maximum atomic E-state index is 12.3. The number of hydrogen-bond donors (Lipinski definition) is 0. The Hall–Kier alpha value is -3.33. The van der Waals surface area contributed by atoms with Gasteiger partial charge in [0.05, 0.1) is 24.9 Å². The zero-order valence-corrected chi connectivity index (χ0v) is 22.1. The van der Waals surface area contributed by atoms with Crippen LogP contribution in [0.2, 0.25) is 0 Å². The molecule has 11 heteroatoms. The summed E-state index contributed by atoms with van der Waals surface area (Å²) in [5.74, 6) is 8.34. The minimum absolute atomic E-state index is 0.0401. The van der Waals surface area contributed by atoms with Crippen LogP contribution in [0, 0.1) is 17.8 Å². The molecule has 10 nitrogen and oxygen atoms in total. The van der Waals surface area contributed by atoms with Gasteiger partial charge in [0.15, 0.2) is 18.5 Å². The maximum absolute atomic E-state index is 12.3. The van der Waals surface area contributed by atoms with Gasteiger partial charge in [-0.3, -0.25) is 18.8 Å². The number of nitrogens with zero attached hydrogens (tertiary/aromatic N) is 5. The molecule has 3 heterocycles. The van der Waals surface area contributed by atoms with Gasteiger partial charge in [0.2, 0.25) is 11.8 Å². The highest BCUT2D eigenvalue weighted by atomic mass is 32.2. The first-order chi connectivity index (χ1) is 18.0. The molecule has 37 heavy (non-hydrogen) atoms. The Kier molecular flexibility index (Phi) is 9.22. The van der Waals surface area contributed by atoms with E-state index in [0.29, 0.717) is 79.3 Å². The molecule has 0 radical (unpaired) electrons. The van der Waals surface area contributed by atoms with Gasteiger partial charge in [0.25, 0.3) is 0 Å². The van der Waals surface area contributed by atoms with E-state index in [1.54, 1.807) is 41.7 Å². The zero-order valence-electron chi connectivity index (χ0n) is 21.3. The van der Waals surface area contributed by atoms with Gasteiger partial charge >= 0.3 is 0 Å². The number of carbonyl (C=O) groups excluding carboxylic acids is 2. The van der Waals surface area contributed by atoms with Crippen molar-refractivity contribution < 1.29 is 23.2 Å². The molecule has 0 bridgehead atoms. The van der Waals surface area contributed by atoms with E-state index in [4.69, 9.17) is 13.7 Å². The van der Waals surface area contributed by atoms with Crippen LogP contribution in [0.15, 0.2) is 24.4 Å². The molecule has 2 aromatic rings. The van der Waals surface area contributed by atoms with Crippen molar-refractivity contribution in [1.29, 1.82) is 0 Å². The summed E-state index contributed by atoms with van der Waals surface area (Å²) in [7, 11) is 5.31. The van der Waals surface area contributed by atoms with Crippen LogP contribution in [-0.4, -0.2) is 86.0 Å². The fraction of sp³-hybridized carbons (Fsp3) is 0.462. The molecular formula is C26H31N5O5S. The van der Waals surface area contributed by atoms with Gasteiger partial charge in [0.1, 0.15) is 23.9 Å². The number of carbonyl (C=O) groups is 2. The molecule has 2 aromatic heterocycles. The Bertz CT molecular complexity index is 1180. The lowest BCUT2D eigenvalue weighted by Crippen LogP contribution is -2.48. The lowest BCUT2D eigenvalue weighted by Gasteiger charge is -2.32. The SMILES string of the molecule is COCCOc1cc(OSN(C)c2ccc(CN3CCN(C)CC3=O)c(C=O)n2)ncc1C#CC1CC1. The molecule has 0 unspecified atom stereocenters. The fourth-order valence-corrected chi connectivity index (χ4v) is 4.01. The number of amides is 1. The van der Waals surface area contributed by atoms with E-state index < -0.39 is 0 Å². The molecule has 0 aromatic carbocycles. The lowest BCUT2D eigenvalue weighted by molar-refractivity contribution is -0.136. The first-order valence-electron chi connectivity index (χ1n) is 12.1. The van der Waals surface area contributed by atoms with E-state index in [2.05, 4.69) is 21.8 Å². The standard InChI is InChI=1S/C26H31N5O5S/c1-29-10-11-31(26(33)17-29)16-21-8-9-24(28-22(21)18-32)30(2)37-36-25-14-23(35-13-12-34-3)20(15-27-25)7-6-19-4-5-19/h8-9,14-15,18-19H,4-5,10-13,16-17H2,1-3H3. The second-order valence-corrected chi connectivity index (χ2v) is 9.81. The number of methoxy groups -OCH3 is 1. The van der Waals surface area contributed by atoms with Gasteiger partial charge in [-0.25, -0.2) is 9.97 Å². The second kappa shape index (κ2) is 12.8. The van der Waals surface area contributed by atoms with E-state index in [9.17, 15) is 9.59 Å². The summed E-state index contributed by atoms with van der Waals surface area (Å²) in [4.78, 5) is 36.6. The summed E-state index contributed by atoms with van der Waals surface area (Å²) in [6.45, 7) is 2.98. The number of ether oxygens (including phenoxy) is 2. The number of likely N-dealkylation sites (N-methyl/N-ethyl adjacent to an activating group) is 1.